The van der Waals surface area contributed by atoms with E-state index >= 15 is 0 Å². The summed E-state index contributed by atoms with van der Waals surface area (Å²) in [6.45, 7) is 6.09. The normalized spacial score (nSPS) is 25.6. The van der Waals surface area contributed by atoms with Crippen LogP contribution in [0.25, 0.3) is 0 Å². The highest BCUT2D eigenvalue weighted by Gasteiger charge is 2.33. The van der Waals surface area contributed by atoms with Gasteiger partial charge in [-0.25, -0.2) is 0 Å². The van der Waals surface area contributed by atoms with Gasteiger partial charge in [-0.05, 0) is 43.7 Å². The summed E-state index contributed by atoms with van der Waals surface area (Å²) in [7, 11) is 0. The first-order chi connectivity index (χ1) is 9.33. The predicted octanol–water partition coefficient (Wildman–Crippen LogP) is 3.01. The molecule has 1 saturated carbocycles. The minimum Gasteiger partial charge on any atom is -0.313 e. The van der Waals surface area contributed by atoms with Gasteiger partial charge in [0.05, 0.1) is 0 Å². The molecule has 1 aromatic carbocycles. The van der Waals surface area contributed by atoms with Gasteiger partial charge in [-0.2, -0.15) is 0 Å². The Labute approximate surface area is 117 Å². The number of benzene rings is 1. The number of rotatable bonds is 6. The largest absolute Gasteiger partial charge is 0.313 e. The van der Waals surface area contributed by atoms with Gasteiger partial charge in [-0.1, -0.05) is 37.3 Å². The minimum absolute atomic E-state index is 0.662. The van der Waals surface area contributed by atoms with Crippen LogP contribution < -0.4 is 5.32 Å². The van der Waals surface area contributed by atoms with Crippen LogP contribution in [0.3, 0.4) is 0 Å². The Balaban J connectivity index is 1.36. The summed E-state index contributed by atoms with van der Waals surface area (Å²) in [6.07, 6.45) is 5.47. The molecule has 104 valence electrons. The van der Waals surface area contributed by atoms with Crippen LogP contribution in [0.2, 0.25) is 0 Å². The zero-order valence-electron chi connectivity index (χ0n) is 12.0. The van der Waals surface area contributed by atoms with Gasteiger partial charge in [0.2, 0.25) is 0 Å². The third-order valence-electron chi connectivity index (χ3n) is 4.66. The van der Waals surface area contributed by atoms with Crippen LogP contribution in [0, 0.1) is 0 Å². The second-order valence-corrected chi connectivity index (χ2v) is 6.27. The van der Waals surface area contributed by atoms with E-state index in [9.17, 15) is 0 Å². The van der Waals surface area contributed by atoms with E-state index in [1.807, 2.05) is 0 Å². The lowest BCUT2D eigenvalue weighted by molar-refractivity contribution is 0.317. The smallest absolute Gasteiger partial charge is 0.0207 e. The van der Waals surface area contributed by atoms with Gasteiger partial charge >= 0.3 is 0 Å². The Bertz CT molecular complexity index is 386. The van der Waals surface area contributed by atoms with Crippen molar-refractivity contribution in [1.29, 1.82) is 0 Å². The lowest BCUT2D eigenvalue weighted by atomic mass is 9.98. The SMILES string of the molecule is CC(CCNC1CCN(C2CC2)C1)c1ccccc1. The van der Waals surface area contributed by atoms with Gasteiger partial charge in [0.15, 0.2) is 0 Å². The summed E-state index contributed by atoms with van der Waals surface area (Å²) in [4.78, 5) is 2.68. The van der Waals surface area contributed by atoms with Crippen molar-refractivity contribution in [2.75, 3.05) is 19.6 Å². The third-order valence-corrected chi connectivity index (χ3v) is 4.66. The molecule has 1 aromatic rings. The van der Waals surface area contributed by atoms with Crippen LogP contribution in [0.15, 0.2) is 30.3 Å². The fourth-order valence-corrected chi connectivity index (χ4v) is 3.18. The van der Waals surface area contributed by atoms with Crippen molar-refractivity contribution in [3.05, 3.63) is 35.9 Å². The van der Waals surface area contributed by atoms with Crippen molar-refractivity contribution >= 4 is 0 Å². The summed E-state index contributed by atoms with van der Waals surface area (Å²) < 4.78 is 0. The second-order valence-electron chi connectivity index (χ2n) is 6.27. The second kappa shape index (κ2) is 6.06. The van der Waals surface area contributed by atoms with Gasteiger partial charge in [-0.15, -0.1) is 0 Å². The summed E-state index contributed by atoms with van der Waals surface area (Å²) in [6, 6.07) is 12.6. The highest BCUT2D eigenvalue weighted by atomic mass is 15.2. The Kier molecular flexibility index (Phi) is 4.19. The van der Waals surface area contributed by atoms with Gasteiger partial charge < -0.3 is 5.32 Å². The van der Waals surface area contributed by atoms with Gasteiger partial charge in [0.25, 0.3) is 0 Å². The topological polar surface area (TPSA) is 15.3 Å². The molecule has 19 heavy (non-hydrogen) atoms. The van der Waals surface area contributed by atoms with E-state index in [1.165, 1.54) is 44.3 Å². The van der Waals surface area contributed by atoms with E-state index in [4.69, 9.17) is 0 Å². The zero-order valence-corrected chi connectivity index (χ0v) is 12.0. The maximum absolute atomic E-state index is 3.75. The molecule has 1 aliphatic heterocycles. The Morgan fingerprint density at radius 1 is 1.21 bits per heavy atom. The number of hydrogen-bond acceptors (Lipinski definition) is 2. The van der Waals surface area contributed by atoms with E-state index in [2.05, 4.69) is 47.5 Å². The zero-order chi connectivity index (χ0) is 13.1. The van der Waals surface area contributed by atoms with Crippen LogP contribution >= 0.6 is 0 Å². The summed E-state index contributed by atoms with van der Waals surface area (Å²) in [5, 5.41) is 3.75. The van der Waals surface area contributed by atoms with Crippen LogP contribution in [0.4, 0.5) is 0 Å². The van der Waals surface area contributed by atoms with Crippen LogP contribution in [0.1, 0.15) is 44.1 Å². The quantitative estimate of drug-likeness (QED) is 0.844. The van der Waals surface area contributed by atoms with Crippen molar-refractivity contribution in [2.45, 2.75) is 50.6 Å². The van der Waals surface area contributed by atoms with E-state index in [0.717, 1.165) is 18.6 Å². The molecule has 0 bridgehead atoms. The summed E-state index contributed by atoms with van der Waals surface area (Å²) in [5.74, 6) is 0.662. The molecule has 1 saturated heterocycles. The first-order valence-corrected chi connectivity index (χ1v) is 7.85. The average Bonchev–Trinajstić information content (AvgIpc) is 3.20. The molecule has 1 N–H and O–H groups in total. The van der Waals surface area contributed by atoms with E-state index in [1.54, 1.807) is 0 Å². The molecule has 2 atom stereocenters. The van der Waals surface area contributed by atoms with E-state index in [-0.39, 0.29) is 0 Å². The van der Waals surface area contributed by atoms with Crippen molar-refractivity contribution in [3.8, 4) is 0 Å². The van der Waals surface area contributed by atoms with Gasteiger partial charge in [-0.3, -0.25) is 4.90 Å². The first-order valence-electron chi connectivity index (χ1n) is 7.85. The Morgan fingerprint density at radius 2 is 2.00 bits per heavy atom. The lowest BCUT2D eigenvalue weighted by Gasteiger charge is -2.17. The third kappa shape index (κ3) is 3.58. The fraction of sp³-hybridized carbons (Fsp3) is 0.647. The van der Waals surface area contributed by atoms with Crippen LogP contribution in [0.5, 0.6) is 0 Å². The molecule has 2 nitrogen and oxygen atoms in total. The molecule has 1 heterocycles. The maximum atomic E-state index is 3.75. The van der Waals surface area contributed by atoms with Crippen LogP contribution in [-0.4, -0.2) is 36.6 Å². The van der Waals surface area contributed by atoms with Crippen LogP contribution in [-0.2, 0) is 0 Å². The monoisotopic (exact) mass is 258 g/mol. The van der Waals surface area contributed by atoms with E-state index in [0.29, 0.717) is 5.92 Å². The van der Waals surface area contributed by atoms with Crippen molar-refractivity contribution in [2.24, 2.45) is 0 Å². The molecular weight excluding hydrogens is 232 g/mol. The molecule has 2 fully saturated rings. The molecule has 3 rings (SSSR count). The standard InChI is InChI=1S/C17H26N2/c1-14(15-5-3-2-4-6-15)9-11-18-16-10-12-19(13-16)17-7-8-17/h2-6,14,16-18H,7-13H2,1H3. The number of nitrogens with zero attached hydrogens (tertiary/aromatic N) is 1. The van der Waals surface area contributed by atoms with Crippen molar-refractivity contribution in [3.63, 3.8) is 0 Å². The van der Waals surface area contributed by atoms with Crippen molar-refractivity contribution < 1.29 is 0 Å². The fourth-order valence-electron chi connectivity index (χ4n) is 3.18. The first kappa shape index (κ1) is 13.1. The highest BCUT2D eigenvalue weighted by molar-refractivity contribution is 5.18. The Morgan fingerprint density at radius 3 is 2.74 bits per heavy atom. The lowest BCUT2D eigenvalue weighted by Crippen LogP contribution is -2.34. The molecule has 0 radical (unpaired) electrons. The molecule has 0 spiro atoms. The average molecular weight is 258 g/mol. The molecule has 2 aliphatic rings. The van der Waals surface area contributed by atoms with Crippen molar-refractivity contribution in [1.82, 2.24) is 10.2 Å². The van der Waals surface area contributed by atoms with Gasteiger partial charge in [0, 0.05) is 25.2 Å². The minimum atomic E-state index is 0.662. The molecule has 2 heteroatoms. The molecule has 0 amide bonds. The summed E-state index contributed by atoms with van der Waals surface area (Å²) in [5.41, 5.74) is 1.47. The number of hydrogen-bond donors (Lipinski definition) is 1. The molecular formula is C17H26N2. The summed E-state index contributed by atoms with van der Waals surface area (Å²) >= 11 is 0. The molecule has 1 aliphatic carbocycles. The van der Waals surface area contributed by atoms with Gasteiger partial charge in [0.1, 0.15) is 0 Å². The predicted molar refractivity (Wildman–Crippen MR) is 80.5 cm³/mol. The molecule has 2 unspecified atom stereocenters. The number of likely N-dealkylation sites (tertiary alicyclic amines) is 1. The molecule has 0 aromatic heterocycles. The Hall–Kier alpha value is -0.860. The maximum Gasteiger partial charge on any atom is 0.0207 e. The van der Waals surface area contributed by atoms with E-state index < -0.39 is 0 Å². The number of nitrogens with one attached hydrogen (secondary N) is 1. The highest BCUT2D eigenvalue weighted by Crippen LogP contribution is 2.29.